The van der Waals surface area contributed by atoms with E-state index in [0.29, 0.717) is 31.2 Å². The molecule has 0 atom stereocenters. The molecule has 1 heterocycles. The van der Waals surface area contributed by atoms with Gasteiger partial charge in [-0.3, -0.25) is 0 Å². The number of hydrogen-bond donors (Lipinski definition) is 1. The van der Waals surface area contributed by atoms with Crippen molar-refractivity contribution in [3.05, 3.63) is 52.3 Å². The van der Waals surface area contributed by atoms with E-state index in [1.165, 1.54) is 0 Å². The second-order valence-electron chi connectivity index (χ2n) is 4.74. The molecule has 0 spiro atoms. The van der Waals surface area contributed by atoms with Gasteiger partial charge in [-0.05, 0) is 40.5 Å². The minimum atomic E-state index is 0. The molecule has 2 rings (SSSR count). The predicted octanol–water partition coefficient (Wildman–Crippen LogP) is 4.03. The Bertz CT molecular complexity index is 646. The number of aromatic nitrogens is 1. The topological polar surface area (TPSA) is 56.5 Å². The van der Waals surface area contributed by atoms with Crippen molar-refractivity contribution < 1.29 is 14.0 Å². The third-order valence-electron chi connectivity index (χ3n) is 2.95. The first-order valence-electron chi connectivity index (χ1n) is 6.87. The molecule has 0 unspecified atom stereocenters. The minimum absolute atomic E-state index is 0. The van der Waals surface area contributed by atoms with Crippen molar-refractivity contribution in [2.45, 2.75) is 20.0 Å². The van der Waals surface area contributed by atoms with Crippen molar-refractivity contribution in [2.75, 3.05) is 13.7 Å². The summed E-state index contributed by atoms with van der Waals surface area (Å²) in [7, 11) is 1.62. The Morgan fingerprint density at radius 2 is 2.13 bits per heavy atom. The second kappa shape index (κ2) is 9.60. The first-order chi connectivity index (χ1) is 10.6. The molecule has 2 aromatic rings. The summed E-state index contributed by atoms with van der Waals surface area (Å²) in [4.78, 5) is 0. The molecule has 1 aromatic heterocycles. The van der Waals surface area contributed by atoms with Crippen LogP contribution in [0.3, 0.4) is 0 Å². The molecule has 23 heavy (non-hydrogen) atoms. The SMILES string of the molecule is C=CCOc1c(Br)cc(CNCc2cc(C)on2)cc1OC.Cl. The Hall–Kier alpha value is -1.50. The van der Waals surface area contributed by atoms with Crippen molar-refractivity contribution in [3.8, 4) is 11.5 Å². The highest BCUT2D eigenvalue weighted by atomic mass is 79.9. The second-order valence-corrected chi connectivity index (χ2v) is 5.60. The van der Waals surface area contributed by atoms with Gasteiger partial charge in [-0.2, -0.15) is 0 Å². The quantitative estimate of drug-likeness (QED) is 0.674. The smallest absolute Gasteiger partial charge is 0.175 e. The number of ether oxygens (including phenoxy) is 2. The standard InChI is InChI=1S/C16H19BrN2O3.ClH/c1-4-5-21-16-14(17)7-12(8-15(16)20-3)9-18-10-13-6-11(2)22-19-13;/h4,6-8,18H,1,5,9-10H2,2-3H3;1H. The van der Waals surface area contributed by atoms with Crippen LogP contribution in [-0.2, 0) is 13.1 Å². The Morgan fingerprint density at radius 1 is 1.35 bits per heavy atom. The van der Waals surface area contributed by atoms with Crippen LogP contribution in [0.1, 0.15) is 17.0 Å². The van der Waals surface area contributed by atoms with Crippen molar-refractivity contribution in [2.24, 2.45) is 0 Å². The molecule has 0 aliphatic heterocycles. The fourth-order valence-electron chi connectivity index (χ4n) is 1.99. The van der Waals surface area contributed by atoms with Gasteiger partial charge in [-0.1, -0.05) is 17.8 Å². The van der Waals surface area contributed by atoms with Gasteiger partial charge in [0.15, 0.2) is 11.5 Å². The minimum Gasteiger partial charge on any atom is -0.493 e. The number of halogens is 2. The molecule has 0 saturated carbocycles. The van der Waals surface area contributed by atoms with Gasteiger partial charge in [0.25, 0.3) is 0 Å². The number of hydrogen-bond acceptors (Lipinski definition) is 5. The average molecular weight is 404 g/mol. The molecule has 5 nitrogen and oxygen atoms in total. The van der Waals surface area contributed by atoms with Gasteiger partial charge in [0.1, 0.15) is 12.4 Å². The molecule has 0 aliphatic rings. The Kier molecular flexibility index (Phi) is 8.16. The molecule has 0 amide bonds. The largest absolute Gasteiger partial charge is 0.493 e. The fourth-order valence-corrected chi connectivity index (χ4v) is 2.60. The Labute approximate surface area is 150 Å². The highest BCUT2D eigenvalue weighted by Gasteiger charge is 2.11. The van der Waals surface area contributed by atoms with E-state index in [2.05, 4.69) is 33.0 Å². The monoisotopic (exact) mass is 402 g/mol. The lowest BCUT2D eigenvalue weighted by atomic mass is 10.2. The van der Waals surface area contributed by atoms with E-state index in [9.17, 15) is 0 Å². The van der Waals surface area contributed by atoms with Crippen LogP contribution in [-0.4, -0.2) is 18.9 Å². The predicted molar refractivity (Wildman–Crippen MR) is 95.4 cm³/mol. The van der Waals surface area contributed by atoms with E-state index >= 15 is 0 Å². The zero-order valence-electron chi connectivity index (χ0n) is 13.1. The van der Waals surface area contributed by atoms with Crippen LogP contribution in [0.25, 0.3) is 0 Å². The summed E-state index contributed by atoms with van der Waals surface area (Å²) in [6, 6.07) is 5.86. The van der Waals surface area contributed by atoms with Crippen molar-refractivity contribution >= 4 is 28.3 Å². The van der Waals surface area contributed by atoms with Gasteiger partial charge in [0.2, 0.25) is 0 Å². The molecular formula is C16H20BrClN2O3. The number of methoxy groups -OCH3 is 1. The van der Waals surface area contributed by atoms with E-state index in [-0.39, 0.29) is 12.4 Å². The third-order valence-corrected chi connectivity index (χ3v) is 3.54. The number of nitrogens with zero attached hydrogens (tertiary/aromatic N) is 1. The summed E-state index contributed by atoms with van der Waals surface area (Å²) >= 11 is 3.51. The van der Waals surface area contributed by atoms with Gasteiger partial charge in [-0.15, -0.1) is 12.4 Å². The maximum Gasteiger partial charge on any atom is 0.175 e. The van der Waals surface area contributed by atoms with Gasteiger partial charge >= 0.3 is 0 Å². The zero-order chi connectivity index (χ0) is 15.9. The van der Waals surface area contributed by atoms with Gasteiger partial charge in [0, 0.05) is 19.2 Å². The summed E-state index contributed by atoms with van der Waals surface area (Å²) in [6.07, 6.45) is 1.70. The molecule has 0 saturated heterocycles. The first kappa shape index (κ1) is 19.5. The molecule has 1 aromatic carbocycles. The van der Waals surface area contributed by atoms with E-state index in [1.54, 1.807) is 13.2 Å². The van der Waals surface area contributed by atoms with Crippen molar-refractivity contribution in [3.63, 3.8) is 0 Å². The lowest BCUT2D eigenvalue weighted by molar-refractivity contribution is 0.324. The van der Waals surface area contributed by atoms with Crippen LogP contribution in [0.2, 0.25) is 0 Å². The lowest BCUT2D eigenvalue weighted by Crippen LogP contribution is -2.13. The van der Waals surface area contributed by atoms with Crippen LogP contribution in [0.4, 0.5) is 0 Å². The molecule has 0 fully saturated rings. The van der Waals surface area contributed by atoms with Crippen LogP contribution >= 0.6 is 28.3 Å². The third kappa shape index (κ3) is 5.57. The van der Waals surface area contributed by atoms with Gasteiger partial charge in [-0.25, -0.2) is 0 Å². The number of aryl methyl sites for hydroxylation is 1. The highest BCUT2D eigenvalue weighted by Crippen LogP contribution is 2.36. The number of rotatable bonds is 8. The molecule has 0 aliphatic carbocycles. The van der Waals surface area contributed by atoms with E-state index in [0.717, 1.165) is 21.5 Å². The summed E-state index contributed by atoms with van der Waals surface area (Å²) in [6.45, 7) is 7.28. The first-order valence-corrected chi connectivity index (χ1v) is 7.66. The molecule has 1 N–H and O–H groups in total. The maximum absolute atomic E-state index is 5.61. The summed E-state index contributed by atoms with van der Waals surface area (Å²) in [5.74, 6) is 2.17. The van der Waals surface area contributed by atoms with E-state index in [4.69, 9.17) is 14.0 Å². The fraction of sp³-hybridized carbons (Fsp3) is 0.312. The van der Waals surface area contributed by atoms with Gasteiger partial charge < -0.3 is 19.3 Å². The maximum atomic E-state index is 5.61. The molecule has 7 heteroatoms. The molecule has 0 radical (unpaired) electrons. The van der Waals surface area contributed by atoms with E-state index < -0.39 is 0 Å². The van der Waals surface area contributed by atoms with Crippen LogP contribution in [0, 0.1) is 6.92 Å². The number of nitrogens with one attached hydrogen (secondary N) is 1. The molecule has 0 bridgehead atoms. The lowest BCUT2D eigenvalue weighted by Gasteiger charge is -2.13. The Balaban J connectivity index is 0.00000264. The normalized spacial score (nSPS) is 10.0. The van der Waals surface area contributed by atoms with Gasteiger partial charge in [0.05, 0.1) is 17.3 Å². The number of benzene rings is 1. The van der Waals surface area contributed by atoms with Crippen molar-refractivity contribution in [1.82, 2.24) is 10.5 Å². The van der Waals surface area contributed by atoms with Crippen LogP contribution < -0.4 is 14.8 Å². The van der Waals surface area contributed by atoms with E-state index in [1.807, 2.05) is 25.1 Å². The zero-order valence-corrected chi connectivity index (χ0v) is 15.5. The average Bonchev–Trinajstić information content (AvgIpc) is 2.91. The summed E-state index contributed by atoms with van der Waals surface area (Å²) in [5.41, 5.74) is 1.96. The summed E-state index contributed by atoms with van der Waals surface area (Å²) < 4.78 is 16.9. The van der Waals surface area contributed by atoms with Crippen LogP contribution in [0.15, 0.2) is 39.8 Å². The molecule has 126 valence electrons. The Morgan fingerprint density at radius 3 is 2.74 bits per heavy atom. The highest BCUT2D eigenvalue weighted by molar-refractivity contribution is 9.10. The summed E-state index contributed by atoms with van der Waals surface area (Å²) in [5, 5.41) is 7.26. The molecular weight excluding hydrogens is 384 g/mol. The van der Waals surface area contributed by atoms with Crippen molar-refractivity contribution in [1.29, 1.82) is 0 Å². The van der Waals surface area contributed by atoms with Crippen LogP contribution in [0.5, 0.6) is 11.5 Å².